The third kappa shape index (κ3) is 4.85. The van der Waals surface area contributed by atoms with E-state index in [1.165, 1.54) is 5.56 Å². The van der Waals surface area contributed by atoms with Crippen LogP contribution in [0.25, 0.3) is 0 Å². The molecule has 27 heavy (non-hydrogen) atoms. The SMILES string of the molecule is COc1ccc(C)cc1NC(=O)c1ccnc(NCc2cccc(C)c2)c1. The summed E-state index contributed by atoms with van der Waals surface area (Å²) in [7, 11) is 1.58. The van der Waals surface area contributed by atoms with Gasteiger partial charge in [0.2, 0.25) is 0 Å². The molecule has 0 radical (unpaired) electrons. The highest BCUT2D eigenvalue weighted by Crippen LogP contribution is 2.26. The molecule has 3 aromatic rings. The number of hydrogen-bond donors (Lipinski definition) is 2. The molecule has 5 nitrogen and oxygen atoms in total. The summed E-state index contributed by atoms with van der Waals surface area (Å²) in [4.78, 5) is 16.9. The number of carbonyl (C=O) groups is 1. The lowest BCUT2D eigenvalue weighted by molar-refractivity contribution is 0.102. The van der Waals surface area contributed by atoms with Crippen molar-refractivity contribution in [2.75, 3.05) is 17.7 Å². The molecular formula is C22H23N3O2. The molecule has 2 aromatic carbocycles. The van der Waals surface area contributed by atoms with Crippen LogP contribution in [0.3, 0.4) is 0 Å². The molecule has 0 bridgehead atoms. The van der Waals surface area contributed by atoms with E-state index >= 15 is 0 Å². The molecule has 5 heteroatoms. The van der Waals surface area contributed by atoms with Gasteiger partial charge in [-0.3, -0.25) is 4.79 Å². The molecule has 0 unspecified atom stereocenters. The Bertz CT molecular complexity index is 954. The fourth-order valence-corrected chi connectivity index (χ4v) is 2.80. The van der Waals surface area contributed by atoms with Gasteiger partial charge >= 0.3 is 0 Å². The van der Waals surface area contributed by atoms with E-state index in [0.717, 1.165) is 11.1 Å². The zero-order valence-electron chi connectivity index (χ0n) is 15.7. The lowest BCUT2D eigenvalue weighted by Crippen LogP contribution is -2.13. The van der Waals surface area contributed by atoms with Gasteiger partial charge in [0.05, 0.1) is 12.8 Å². The molecule has 0 atom stereocenters. The van der Waals surface area contributed by atoms with Crippen LogP contribution in [0.5, 0.6) is 5.75 Å². The number of hydrogen-bond acceptors (Lipinski definition) is 4. The van der Waals surface area contributed by atoms with E-state index in [9.17, 15) is 4.79 Å². The number of nitrogens with zero attached hydrogens (tertiary/aromatic N) is 1. The third-order valence-electron chi connectivity index (χ3n) is 4.18. The van der Waals surface area contributed by atoms with Gasteiger partial charge in [-0.2, -0.15) is 0 Å². The number of benzene rings is 2. The Balaban J connectivity index is 1.71. The topological polar surface area (TPSA) is 63.2 Å². The first-order chi connectivity index (χ1) is 13.0. The highest BCUT2D eigenvalue weighted by atomic mass is 16.5. The maximum absolute atomic E-state index is 12.6. The number of nitrogens with one attached hydrogen (secondary N) is 2. The summed E-state index contributed by atoms with van der Waals surface area (Å²) in [6.07, 6.45) is 1.63. The third-order valence-corrected chi connectivity index (χ3v) is 4.18. The van der Waals surface area contributed by atoms with Crippen molar-refractivity contribution < 1.29 is 9.53 Å². The minimum Gasteiger partial charge on any atom is -0.495 e. The molecule has 0 aliphatic rings. The van der Waals surface area contributed by atoms with Crippen LogP contribution >= 0.6 is 0 Å². The van der Waals surface area contributed by atoms with Crippen molar-refractivity contribution in [2.24, 2.45) is 0 Å². The van der Waals surface area contributed by atoms with Gasteiger partial charge in [0.25, 0.3) is 5.91 Å². The number of ether oxygens (including phenoxy) is 1. The fraction of sp³-hybridized carbons (Fsp3) is 0.182. The highest BCUT2D eigenvalue weighted by molar-refractivity contribution is 6.05. The Morgan fingerprint density at radius 3 is 2.63 bits per heavy atom. The number of rotatable bonds is 6. The number of aryl methyl sites for hydroxylation is 2. The minimum absolute atomic E-state index is 0.208. The van der Waals surface area contributed by atoms with Gasteiger partial charge in [0.1, 0.15) is 11.6 Å². The van der Waals surface area contributed by atoms with E-state index in [1.54, 1.807) is 25.4 Å². The molecule has 0 aliphatic heterocycles. The van der Waals surface area contributed by atoms with Gasteiger partial charge in [0.15, 0.2) is 0 Å². The van der Waals surface area contributed by atoms with Crippen molar-refractivity contribution in [1.82, 2.24) is 4.98 Å². The molecule has 3 rings (SSSR count). The van der Waals surface area contributed by atoms with Crippen LogP contribution in [0, 0.1) is 13.8 Å². The highest BCUT2D eigenvalue weighted by Gasteiger charge is 2.11. The zero-order valence-corrected chi connectivity index (χ0v) is 15.7. The second-order valence-corrected chi connectivity index (χ2v) is 6.43. The molecular weight excluding hydrogens is 338 g/mol. The molecule has 2 N–H and O–H groups in total. The maximum atomic E-state index is 12.6. The fourth-order valence-electron chi connectivity index (χ4n) is 2.80. The largest absolute Gasteiger partial charge is 0.495 e. The molecule has 0 saturated carbocycles. The first kappa shape index (κ1) is 18.5. The Morgan fingerprint density at radius 2 is 1.85 bits per heavy atom. The van der Waals surface area contributed by atoms with Crippen molar-refractivity contribution in [3.63, 3.8) is 0 Å². The second kappa shape index (κ2) is 8.36. The normalized spacial score (nSPS) is 10.3. The number of amides is 1. The average molecular weight is 361 g/mol. The van der Waals surface area contributed by atoms with Crippen LogP contribution < -0.4 is 15.4 Å². The van der Waals surface area contributed by atoms with E-state index in [0.29, 0.717) is 29.4 Å². The number of carbonyl (C=O) groups excluding carboxylic acids is 1. The molecule has 0 spiro atoms. The van der Waals surface area contributed by atoms with Crippen molar-refractivity contribution in [2.45, 2.75) is 20.4 Å². The standard InChI is InChI=1S/C22H23N3O2/c1-15-5-4-6-17(11-15)14-24-21-13-18(9-10-23-21)22(26)25-19-12-16(2)7-8-20(19)27-3/h4-13H,14H2,1-3H3,(H,23,24)(H,25,26). The summed E-state index contributed by atoms with van der Waals surface area (Å²) in [5.74, 6) is 1.07. The van der Waals surface area contributed by atoms with E-state index in [1.807, 2.05) is 31.2 Å². The predicted molar refractivity (Wildman–Crippen MR) is 108 cm³/mol. The maximum Gasteiger partial charge on any atom is 0.255 e. The van der Waals surface area contributed by atoms with E-state index < -0.39 is 0 Å². The first-order valence-electron chi connectivity index (χ1n) is 8.76. The number of pyridine rings is 1. The second-order valence-electron chi connectivity index (χ2n) is 6.43. The molecule has 0 saturated heterocycles. The van der Waals surface area contributed by atoms with E-state index in [2.05, 4.69) is 40.7 Å². The van der Waals surface area contributed by atoms with Crippen LogP contribution in [0.1, 0.15) is 27.0 Å². The Hall–Kier alpha value is -3.34. The van der Waals surface area contributed by atoms with Gasteiger partial charge in [-0.1, -0.05) is 35.9 Å². The van der Waals surface area contributed by atoms with Gasteiger partial charge < -0.3 is 15.4 Å². The summed E-state index contributed by atoms with van der Waals surface area (Å²) in [6.45, 7) is 4.67. The number of aromatic nitrogens is 1. The van der Waals surface area contributed by atoms with Crippen molar-refractivity contribution >= 4 is 17.4 Å². The quantitative estimate of drug-likeness (QED) is 0.675. The molecule has 1 heterocycles. The lowest BCUT2D eigenvalue weighted by Gasteiger charge is -2.12. The Kier molecular flexibility index (Phi) is 5.71. The van der Waals surface area contributed by atoms with Gasteiger partial charge in [-0.05, 0) is 49.2 Å². The van der Waals surface area contributed by atoms with Gasteiger partial charge in [0, 0.05) is 18.3 Å². The van der Waals surface area contributed by atoms with Crippen LogP contribution in [0.15, 0.2) is 60.8 Å². The van der Waals surface area contributed by atoms with Crippen molar-refractivity contribution in [3.05, 3.63) is 83.0 Å². The van der Waals surface area contributed by atoms with E-state index in [-0.39, 0.29) is 5.91 Å². The van der Waals surface area contributed by atoms with Crippen molar-refractivity contribution in [1.29, 1.82) is 0 Å². The Labute approximate surface area is 159 Å². The lowest BCUT2D eigenvalue weighted by atomic mass is 10.1. The molecule has 1 amide bonds. The number of anilines is 2. The number of methoxy groups -OCH3 is 1. The van der Waals surface area contributed by atoms with Crippen LogP contribution in [0.2, 0.25) is 0 Å². The van der Waals surface area contributed by atoms with Crippen LogP contribution in [0.4, 0.5) is 11.5 Å². The molecule has 0 aliphatic carbocycles. The predicted octanol–water partition coefficient (Wildman–Crippen LogP) is 4.57. The summed E-state index contributed by atoms with van der Waals surface area (Å²) in [5, 5.41) is 6.17. The molecule has 0 fully saturated rings. The summed E-state index contributed by atoms with van der Waals surface area (Å²) in [6, 6.07) is 17.4. The molecule has 1 aromatic heterocycles. The van der Waals surface area contributed by atoms with Crippen LogP contribution in [-0.2, 0) is 6.54 Å². The van der Waals surface area contributed by atoms with Crippen molar-refractivity contribution in [3.8, 4) is 5.75 Å². The average Bonchev–Trinajstić information content (AvgIpc) is 2.67. The summed E-state index contributed by atoms with van der Waals surface area (Å²) >= 11 is 0. The monoisotopic (exact) mass is 361 g/mol. The first-order valence-corrected chi connectivity index (χ1v) is 8.76. The van der Waals surface area contributed by atoms with Crippen LogP contribution in [-0.4, -0.2) is 18.0 Å². The molecule has 138 valence electrons. The van der Waals surface area contributed by atoms with Gasteiger partial charge in [-0.25, -0.2) is 4.98 Å². The Morgan fingerprint density at radius 1 is 1.04 bits per heavy atom. The smallest absolute Gasteiger partial charge is 0.255 e. The summed E-state index contributed by atoms with van der Waals surface area (Å²) in [5.41, 5.74) is 4.59. The van der Waals surface area contributed by atoms with E-state index in [4.69, 9.17) is 4.74 Å². The summed E-state index contributed by atoms with van der Waals surface area (Å²) < 4.78 is 5.32. The van der Waals surface area contributed by atoms with Gasteiger partial charge in [-0.15, -0.1) is 0 Å². The minimum atomic E-state index is -0.208. The zero-order chi connectivity index (χ0) is 19.2.